The normalized spacial score (nSPS) is 16.4. The molecule has 0 fully saturated rings. The number of ether oxygens (including phenoxy) is 1. The lowest BCUT2D eigenvalue weighted by Crippen LogP contribution is -2.22. The molecule has 4 heteroatoms. The number of aromatic nitrogens is 1. The Morgan fingerprint density at radius 3 is 2.88 bits per heavy atom. The highest BCUT2D eigenvalue weighted by atomic mass is 16.5. The molecule has 0 saturated heterocycles. The number of carboxylic acid groups (broad SMARTS) is 1. The molecule has 126 valence electrons. The van der Waals surface area contributed by atoms with Gasteiger partial charge in [-0.3, -0.25) is 4.79 Å². The number of fused-ring (bicyclic) bond motifs is 2. The number of hydrogen-bond acceptors (Lipinski definition) is 3. The second kappa shape index (κ2) is 6.55. The lowest BCUT2D eigenvalue weighted by atomic mass is 9.83. The molecule has 0 bridgehead atoms. The first-order chi connectivity index (χ1) is 12.2. The maximum atomic E-state index is 11.3. The summed E-state index contributed by atoms with van der Waals surface area (Å²) in [6.45, 7) is 0.374. The van der Waals surface area contributed by atoms with Gasteiger partial charge in [0.25, 0.3) is 0 Å². The molecule has 1 N–H and O–H groups in total. The highest BCUT2D eigenvalue weighted by molar-refractivity contribution is 5.78. The molecule has 0 aliphatic heterocycles. The van der Waals surface area contributed by atoms with Crippen molar-refractivity contribution < 1.29 is 14.6 Å². The summed E-state index contributed by atoms with van der Waals surface area (Å²) in [5.41, 5.74) is 4.04. The monoisotopic (exact) mass is 333 g/mol. The number of aryl methyl sites for hydroxylation is 1. The summed E-state index contributed by atoms with van der Waals surface area (Å²) in [6.07, 6.45) is 2.02. The van der Waals surface area contributed by atoms with Gasteiger partial charge in [-0.1, -0.05) is 36.4 Å². The van der Waals surface area contributed by atoms with Gasteiger partial charge >= 0.3 is 5.97 Å². The molecule has 1 atom stereocenters. The average molecular weight is 333 g/mol. The van der Waals surface area contributed by atoms with Crippen molar-refractivity contribution in [2.24, 2.45) is 5.92 Å². The zero-order valence-corrected chi connectivity index (χ0v) is 13.8. The molecule has 1 unspecified atom stereocenters. The molecule has 1 aliphatic carbocycles. The Hall–Kier alpha value is -2.88. The van der Waals surface area contributed by atoms with E-state index in [0.29, 0.717) is 19.4 Å². The van der Waals surface area contributed by atoms with Crippen LogP contribution in [0, 0.1) is 5.92 Å². The maximum Gasteiger partial charge on any atom is 0.306 e. The van der Waals surface area contributed by atoms with Gasteiger partial charge in [0, 0.05) is 5.39 Å². The summed E-state index contributed by atoms with van der Waals surface area (Å²) >= 11 is 0. The predicted molar refractivity (Wildman–Crippen MR) is 95.7 cm³/mol. The van der Waals surface area contributed by atoms with E-state index in [0.717, 1.165) is 34.3 Å². The standard InChI is InChI=1S/C21H19NO3/c23-21(24)16-9-8-14-5-3-7-20(18(14)12-16)25-13-17-11-10-15-4-1-2-6-19(15)22-17/h1-7,10-11,16H,8-9,12-13H2,(H,23,24). The molecular formula is C21H19NO3. The van der Waals surface area contributed by atoms with Gasteiger partial charge in [-0.05, 0) is 48.6 Å². The van der Waals surface area contributed by atoms with Crippen LogP contribution >= 0.6 is 0 Å². The molecule has 0 spiro atoms. The summed E-state index contributed by atoms with van der Waals surface area (Å²) in [5, 5.41) is 10.4. The first-order valence-electron chi connectivity index (χ1n) is 8.52. The van der Waals surface area contributed by atoms with E-state index >= 15 is 0 Å². The fraction of sp³-hybridized carbons (Fsp3) is 0.238. The number of rotatable bonds is 4. The third kappa shape index (κ3) is 3.20. The summed E-state index contributed by atoms with van der Waals surface area (Å²) in [4.78, 5) is 16.0. The van der Waals surface area contributed by atoms with Crippen molar-refractivity contribution in [3.63, 3.8) is 0 Å². The minimum absolute atomic E-state index is 0.323. The molecule has 25 heavy (non-hydrogen) atoms. The topological polar surface area (TPSA) is 59.4 Å². The van der Waals surface area contributed by atoms with Crippen molar-refractivity contribution in [1.29, 1.82) is 0 Å². The third-order valence-corrected chi connectivity index (χ3v) is 4.82. The zero-order chi connectivity index (χ0) is 17.2. The second-order valence-electron chi connectivity index (χ2n) is 6.46. The minimum Gasteiger partial charge on any atom is -0.487 e. The Kier molecular flexibility index (Phi) is 4.10. The first-order valence-corrected chi connectivity index (χ1v) is 8.52. The lowest BCUT2D eigenvalue weighted by Gasteiger charge is -2.23. The van der Waals surface area contributed by atoms with E-state index in [2.05, 4.69) is 11.1 Å². The van der Waals surface area contributed by atoms with Crippen LogP contribution in [0.25, 0.3) is 10.9 Å². The summed E-state index contributed by atoms with van der Waals surface area (Å²) < 4.78 is 6.01. The van der Waals surface area contributed by atoms with E-state index in [1.54, 1.807) is 0 Å². The van der Waals surface area contributed by atoms with Crippen molar-refractivity contribution in [1.82, 2.24) is 4.98 Å². The van der Waals surface area contributed by atoms with E-state index < -0.39 is 5.97 Å². The summed E-state index contributed by atoms with van der Waals surface area (Å²) in [5.74, 6) is -0.272. The van der Waals surface area contributed by atoms with Crippen LogP contribution in [0.15, 0.2) is 54.6 Å². The van der Waals surface area contributed by atoms with Gasteiger partial charge in [-0.25, -0.2) is 4.98 Å². The van der Waals surface area contributed by atoms with Crippen molar-refractivity contribution in [3.8, 4) is 5.75 Å². The fourth-order valence-corrected chi connectivity index (χ4v) is 3.44. The van der Waals surface area contributed by atoms with Crippen LogP contribution in [0.5, 0.6) is 5.75 Å². The Morgan fingerprint density at radius 1 is 1.12 bits per heavy atom. The Morgan fingerprint density at radius 2 is 2.00 bits per heavy atom. The van der Waals surface area contributed by atoms with E-state index in [-0.39, 0.29) is 5.92 Å². The first kappa shape index (κ1) is 15.6. The van der Waals surface area contributed by atoms with Crippen LogP contribution in [0.1, 0.15) is 23.2 Å². The average Bonchev–Trinajstić information content (AvgIpc) is 2.65. The highest BCUT2D eigenvalue weighted by Gasteiger charge is 2.26. The van der Waals surface area contributed by atoms with E-state index in [4.69, 9.17) is 4.74 Å². The van der Waals surface area contributed by atoms with Crippen LogP contribution in [0.4, 0.5) is 0 Å². The number of aliphatic carboxylic acids is 1. The molecule has 0 radical (unpaired) electrons. The van der Waals surface area contributed by atoms with Crippen molar-refractivity contribution in [3.05, 3.63) is 71.4 Å². The molecule has 1 aliphatic rings. The van der Waals surface area contributed by atoms with Crippen molar-refractivity contribution in [2.45, 2.75) is 25.9 Å². The maximum absolute atomic E-state index is 11.3. The van der Waals surface area contributed by atoms with Crippen molar-refractivity contribution >= 4 is 16.9 Å². The van der Waals surface area contributed by atoms with E-state index in [1.807, 2.05) is 48.5 Å². The van der Waals surface area contributed by atoms with Gasteiger partial charge in [-0.2, -0.15) is 0 Å². The molecule has 4 rings (SSSR count). The molecular weight excluding hydrogens is 314 g/mol. The quantitative estimate of drug-likeness (QED) is 0.784. The molecule has 3 aromatic rings. The van der Waals surface area contributed by atoms with Crippen LogP contribution in [-0.2, 0) is 24.2 Å². The van der Waals surface area contributed by atoms with Crippen LogP contribution in [0.2, 0.25) is 0 Å². The molecule has 0 amide bonds. The molecule has 4 nitrogen and oxygen atoms in total. The zero-order valence-electron chi connectivity index (χ0n) is 13.8. The van der Waals surface area contributed by atoms with E-state index in [9.17, 15) is 9.90 Å². The Balaban J connectivity index is 1.55. The highest BCUT2D eigenvalue weighted by Crippen LogP contribution is 2.33. The molecule has 1 heterocycles. The van der Waals surface area contributed by atoms with Gasteiger partial charge in [0.1, 0.15) is 12.4 Å². The Bertz CT molecular complexity index is 935. The van der Waals surface area contributed by atoms with Gasteiger partial charge in [0.2, 0.25) is 0 Å². The van der Waals surface area contributed by atoms with E-state index in [1.165, 1.54) is 5.56 Å². The smallest absolute Gasteiger partial charge is 0.306 e. The molecule has 2 aromatic carbocycles. The number of pyridine rings is 1. The Labute approximate surface area is 146 Å². The number of hydrogen-bond donors (Lipinski definition) is 1. The van der Waals surface area contributed by atoms with Gasteiger partial charge in [0.15, 0.2) is 0 Å². The number of nitrogens with zero attached hydrogens (tertiary/aromatic N) is 1. The predicted octanol–water partition coefficient (Wildman–Crippen LogP) is 4.00. The largest absolute Gasteiger partial charge is 0.487 e. The lowest BCUT2D eigenvalue weighted by molar-refractivity contribution is -0.142. The minimum atomic E-state index is -0.725. The molecule has 1 aromatic heterocycles. The van der Waals surface area contributed by atoms with Gasteiger partial charge in [-0.15, -0.1) is 0 Å². The number of carbonyl (C=O) groups is 1. The number of para-hydroxylation sites is 1. The number of benzene rings is 2. The van der Waals surface area contributed by atoms with Crippen LogP contribution < -0.4 is 4.74 Å². The summed E-state index contributed by atoms with van der Waals surface area (Å²) in [6, 6.07) is 18.0. The SMILES string of the molecule is O=C(O)C1CCc2cccc(OCc3ccc4ccccc4n3)c2C1. The fourth-order valence-electron chi connectivity index (χ4n) is 3.44. The number of carboxylic acids is 1. The van der Waals surface area contributed by atoms with Gasteiger partial charge < -0.3 is 9.84 Å². The third-order valence-electron chi connectivity index (χ3n) is 4.82. The second-order valence-corrected chi connectivity index (χ2v) is 6.46. The van der Waals surface area contributed by atoms with Crippen LogP contribution in [0.3, 0.4) is 0 Å². The summed E-state index contributed by atoms with van der Waals surface area (Å²) in [7, 11) is 0. The van der Waals surface area contributed by atoms with Gasteiger partial charge in [0.05, 0.1) is 17.1 Å². The molecule has 0 saturated carbocycles. The van der Waals surface area contributed by atoms with Crippen molar-refractivity contribution in [2.75, 3.05) is 0 Å². The van der Waals surface area contributed by atoms with Crippen LogP contribution in [-0.4, -0.2) is 16.1 Å².